The molecule has 2 aromatic rings. The van der Waals surface area contributed by atoms with Gasteiger partial charge in [-0.3, -0.25) is 0 Å². The lowest BCUT2D eigenvalue weighted by atomic mass is 9.91. The van der Waals surface area contributed by atoms with E-state index in [-0.39, 0.29) is 17.8 Å². The predicted octanol–water partition coefficient (Wildman–Crippen LogP) is 2.26. The van der Waals surface area contributed by atoms with Crippen molar-refractivity contribution in [2.45, 2.75) is 25.4 Å². The van der Waals surface area contributed by atoms with E-state index < -0.39 is 6.10 Å². The zero-order valence-corrected chi connectivity index (χ0v) is 14.9. The molecule has 0 aliphatic carbocycles. The summed E-state index contributed by atoms with van der Waals surface area (Å²) in [4.78, 5) is 18.3. The molecule has 26 heavy (non-hydrogen) atoms. The first-order chi connectivity index (χ1) is 12.5. The number of hydrogen-bond donors (Lipinski definition) is 2. The minimum atomic E-state index is -0.604. The van der Waals surface area contributed by atoms with Gasteiger partial charge in [0.25, 0.3) is 0 Å². The van der Waals surface area contributed by atoms with E-state index in [9.17, 15) is 14.3 Å². The van der Waals surface area contributed by atoms with Gasteiger partial charge in [-0.1, -0.05) is 12.1 Å². The summed E-state index contributed by atoms with van der Waals surface area (Å²) in [5, 5.41) is 13.4. The molecule has 140 valence electrons. The van der Waals surface area contributed by atoms with Crippen LogP contribution in [0.5, 0.6) is 0 Å². The molecule has 3 rings (SSSR count). The summed E-state index contributed by atoms with van der Waals surface area (Å²) >= 11 is 0. The second kappa shape index (κ2) is 8.31. The number of carbonyl (C=O) groups excluding carboxylic acids is 1. The number of halogens is 1. The minimum absolute atomic E-state index is 0.104. The van der Waals surface area contributed by atoms with Gasteiger partial charge < -0.3 is 19.9 Å². The average molecular weight is 360 g/mol. The molecule has 1 unspecified atom stereocenters. The summed E-state index contributed by atoms with van der Waals surface area (Å²) < 4.78 is 15.0. The molecule has 1 atom stereocenters. The van der Waals surface area contributed by atoms with Crippen LogP contribution in [0.3, 0.4) is 0 Å². The van der Waals surface area contributed by atoms with Crippen LogP contribution >= 0.6 is 0 Å². The average Bonchev–Trinajstić information content (AvgIpc) is 3.07. The fourth-order valence-corrected chi connectivity index (χ4v) is 3.41. The highest BCUT2D eigenvalue weighted by Crippen LogP contribution is 2.29. The van der Waals surface area contributed by atoms with E-state index in [0.717, 1.165) is 18.4 Å². The van der Waals surface area contributed by atoms with Gasteiger partial charge in [0, 0.05) is 39.1 Å². The predicted molar refractivity (Wildman–Crippen MR) is 96.0 cm³/mol. The number of urea groups is 1. The van der Waals surface area contributed by atoms with Crippen molar-refractivity contribution in [1.29, 1.82) is 0 Å². The first-order valence-corrected chi connectivity index (χ1v) is 8.97. The number of likely N-dealkylation sites (tertiary alicyclic amines) is 1. The molecule has 2 N–H and O–H groups in total. The Bertz CT molecular complexity index is 741. The Morgan fingerprint density at radius 1 is 1.42 bits per heavy atom. The molecule has 2 amide bonds. The van der Waals surface area contributed by atoms with Gasteiger partial charge >= 0.3 is 6.03 Å². The Kier molecular flexibility index (Phi) is 5.88. The molecule has 1 aliphatic heterocycles. The van der Waals surface area contributed by atoms with E-state index in [1.165, 1.54) is 12.1 Å². The molecule has 1 aromatic heterocycles. The highest BCUT2D eigenvalue weighted by molar-refractivity contribution is 5.74. The van der Waals surface area contributed by atoms with E-state index in [2.05, 4.69) is 10.3 Å². The summed E-state index contributed by atoms with van der Waals surface area (Å²) in [6.45, 7) is 1.69. The highest BCUT2D eigenvalue weighted by atomic mass is 19.1. The van der Waals surface area contributed by atoms with Crippen LogP contribution in [0.2, 0.25) is 0 Å². The van der Waals surface area contributed by atoms with E-state index >= 15 is 0 Å². The second-order valence-electron chi connectivity index (χ2n) is 6.78. The first kappa shape index (κ1) is 18.4. The molecule has 1 aromatic carbocycles. The molecule has 1 saturated heterocycles. The number of nitrogens with one attached hydrogen (secondary N) is 1. The largest absolute Gasteiger partial charge is 0.385 e. The number of aromatic nitrogens is 2. The molecule has 1 aliphatic rings. The van der Waals surface area contributed by atoms with Crippen molar-refractivity contribution in [3.63, 3.8) is 0 Å². The molecule has 2 heterocycles. The fourth-order valence-electron chi connectivity index (χ4n) is 3.41. The van der Waals surface area contributed by atoms with E-state index in [1.807, 2.05) is 23.9 Å². The molecule has 7 heteroatoms. The number of nitrogens with zero attached hydrogens (tertiary/aromatic N) is 3. The summed E-state index contributed by atoms with van der Waals surface area (Å²) in [6.07, 6.45) is 4.97. The molecular formula is C19H25FN4O2. The normalized spacial score (nSPS) is 16.5. The maximum absolute atomic E-state index is 13.2. The van der Waals surface area contributed by atoms with Crippen LogP contribution in [0.15, 0.2) is 36.7 Å². The third-order valence-electron chi connectivity index (χ3n) is 4.98. The third-order valence-corrected chi connectivity index (χ3v) is 4.98. The van der Waals surface area contributed by atoms with Crippen molar-refractivity contribution < 1.29 is 14.3 Å². The number of piperidine rings is 1. The smallest absolute Gasteiger partial charge is 0.317 e. The van der Waals surface area contributed by atoms with Crippen LogP contribution in [0.1, 0.15) is 30.3 Å². The van der Waals surface area contributed by atoms with Crippen LogP contribution in [-0.4, -0.2) is 45.2 Å². The fraction of sp³-hybridized carbons (Fsp3) is 0.474. The lowest BCUT2D eigenvalue weighted by Crippen LogP contribution is -2.45. The van der Waals surface area contributed by atoms with Crippen LogP contribution in [-0.2, 0) is 13.5 Å². The SMILES string of the molecule is Cn1ccnc1C(O)C1CCN(C(=O)NCCc2cccc(F)c2)CC1. The maximum Gasteiger partial charge on any atom is 0.317 e. The maximum atomic E-state index is 13.2. The van der Waals surface area contributed by atoms with Crippen LogP contribution in [0.4, 0.5) is 9.18 Å². The summed E-state index contributed by atoms with van der Waals surface area (Å²) in [7, 11) is 1.87. The van der Waals surface area contributed by atoms with Crippen LogP contribution < -0.4 is 5.32 Å². The summed E-state index contributed by atoms with van der Waals surface area (Å²) in [5.41, 5.74) is 0.863. The highest BCUT2D eigenvalue weighted by Gasteiger charge is 2.29. The van der Waals surface area contributed by atoms with Gasteiger partial charge in [-0.25, -0.2) is 14.2 Å². The van der Waals surface area contributed by atoms with E-state index in [1.54, 1.807) is 17.2 Å². The van der Waals surface area contributed by atoms with Crippen molar-refractivity contribution in [3.05, 3.63) is 53.9 Å². The molecule has 0 radical (unpaired) electrons. The van der Waals surface area contributed by atoms with E-state index in [4.69, 9.17) is 0 Å². The lowest BCUT2D eigenvalue weighted by molar-refractivity contribution is 0.0584. The number of rotatable bonds is 5. The van der Waals surface area contributed by atoms with Gasteiger partial charge in [0.15, 0.2) is 0 Å². The Labute approximate surface area is 152 Å². The standard InChI is InChI=1S/C19H25FN4O2/c1-23-12-9-21-18(23)17(25)15-6-10-24(11-7-15)19(26)22-8-5-14-3-2-4-16(20)13-14/h2-4,9,12-13,15,17,25H,5-8,10-11H2,1H3,(H,22,26). The monoisotopic (exact) mass is 360 g/mol. The zero-order valence-electron chi connectivity index (χ0n) is 14.9. The Balaban J connectivity index is 1.43. The second-order valence-corrected chi connectivity index (χ2v) is 6.78. The number of amides is 2. The van der Waals surface area contributed by atoms with Crippen molar-refractivity contribution in [3.8, 4) is 0 Å². The van der Waals surface area contributed by atoms with Crippen molar-refractivity contribution in [1.82, 2.24) is 19.8 Å². The summed E-state index contributed by atoms with van der Waals surface area (Å²) in [6, 6.07) is 6.30. The number of benzene rings is 1. The van der Waals surface area contributed by atoms with Gasteiger partial charge in [-0.2, -0.15) is 0 Å². The summed E-state index contributed by atoms with van der Waals surface area (Å²) in [5.74, 6) is 0.512. The van der Waals surface area contributed by atoms with Gasteiger partial charge in [0.1, 0.15) is 17.7 Å². The quantitative estimate of drug-likeness (QED) is 0.859. The lowest BCUT2D eigenvalue weighted by Gasteiger charge is -2.34. The van der Waals surface area contributed by atoms with E-state index in [0.29, 0.717) is 31.9 Å². The molecule has 0 bridgehead atoms. The molecule has 0 spiro atoms. The number of aliphatic hydroxyl groups excluding tert-OH is 1. The molecule has 1 fully saturated rings. The van der Waals surface area contributed by atoms with Gasteiger partial charge in [-0.05, 0) is 42.9 Å². The Hall–Kier alpha value is -2.41. The van der Waals surface area contributed by atoms with Crippen molar-refractivity contribution in [2.24, 2.45) is 13.0 Å². The number of hydrogen-bond acceptors (Lipinski definition) is 3. The molecule has 6 nitrogen and oxygen atoms in total. The number of carbonyl (C=O) groups is 1. The minimum Gasteiger partial charge on any atom is -0.385 e. The van der Waals surface area contributed by atoms with Gasteiger partial charge in [0.05, 0.1) is 0 Å². The first-order valence-electron chi connectivity index (χ1n) is 8.97. The number of imidazole rings is 1. The zero-order chi connectivity index (χ0) is 18.5. The molecular weight excluding hydrogens is 335 g/mol. The van der Waals surface area contributed by atoms with Crippen molar-refractivity contribution >= 4 is 6.03 Å². The van der Waals surface area contributed by atoms with Crippen LogP contribution in [0.25, 0.3) is 0 Å². The number of aliphatic hydroxyl groups is 1. The Morgan fingerprint density at radius 2 is 2.19 bits per heavy atom. The van der Waals surface area contributed by atoms with Gasteiger partial charge in [-0.15, -0.1) is 0 Å². The third kappa shape index (κ3) is 4.40. The Morgan fingerprint density at radius 3 is 2.85 bits per heavy atom. The van der Waals surface area contributed by atoms with Gasteiger partial charge in [0.2, 0.25) is 0 Å². The van der Waals surface area contributed by atoms with Crippen LogP contribution in [0, 0.1) is 11.7 Å². The molecule has 0 saturated carbocycles. The number of aryl methyl sites for hydroxylation is 1. The topological polar surface area (TPSA) is 70.4 Å². The van der Waals surface area contributed by atoms with Crippen molar-refractivity contribution in [2.75, 3.05) is 19.6 Å².